The van der Waals surface area contributed by atoms with Crippen molar-refractivity contribution in [2.24, 2.45) is 0 Å². The minimum atomic E-state index is -3.75. The molecule has 0 spiro atoms. The van der Waals surface area contributed by atoms with E-state index in [4.69, 9.17) is 0 Å². The lowest BCUT2D eigenvalue weighted by molar-refractivity contribution is 0.102. The van der Waals surface area contributed by atoms with E-state index in [1.807, 2.05) is 0 Å². The minimum Gasteiger partial charge on any atom is -0.319 e. The molecule has 6 nitrogen and oxygen atoms in total. The van der Waals surface area contributed by atoms with Crippen molar-refractivity contribution < 1.29 is 17.6 Å². The van der Waals surface area contributed by atoms with Gasteiger partial charge in [-0.2, -0.15) is 0 Å². The van der Waals surface area contributed by atoms with E-state index in [9.17, 15) is 17.6 Å². The van der Waals surface area contributed by atoms with Crippen molar-refractivity contribution >= 4 is 45.4 Å². The van der Waals surface area contributed by atoms with Gasteiger partial charge in [-0.05, 0) is 41.6 Å². The fourth-order valence-corrected chi connectivity index (χ4v) is 4.86. The molecule has 0 fully saturated rings. The van der Waals surface area contributed by atoms with Crippen LogP contribution in [0.15, 0.2) is 28.5 Å². The van der Waals surface area contributed by atoms with E-state index < -0.39 is 21.7 Å². The Hall–Kier alpha value is -1.52. The van der Waals surface area contributed by atoms with Crippen LogP contribution in [0.5, 0.6) is 0 Å². The fourth-order valence-electron chi connectivity index (χ4n) is 2.67. The van der Waals surface area contributed by atoms with Crippen molar-refractivity contribution in [1.82, 2.24) is 9.62 Å². The van der Waals surface area contributed by atoms with Gasteiger partial charge in [0.25, 0.3) is 5.91 Å². The zero-order valence-electron chi connectivity index (χ0n) is 14.2. The predicted octanol–water partition coefficient (Wildman–Crippen LogP) is 2.46. The molecule has 1 aliphatic heterocycles. The van der Waals surface area contributed by atoms with Crippen molar-refractivity contribution in [3.8, 4) is 0 Å². The number of hydrogen-bond donors (Lipinski definition) is 2. The molecule has 0 saturated carbocycles. The first-order valence-electron chi connectivity index (χ1n) is 7.64. The summed E-state index contributed by atoms with van der Waals surface area (Å²) in [6, 6.07) is 4.66. The molecule has 0 aliphatic carbocycles. The summed E-state index contributed by atoms with van der Waals surface area (Å²) in [7, 11) is -0.956. The van der Waals surface area contributed by atoms with Crippen molar-refractivity contribution in [3.05, 3.63) is 45.4 Å². The number of nitrogens with zero attached hydrogens (tertiary/aromatic N) is 1. The van der Waals surface area contributed by atoms with Gasteiger partial charge in [-0.25, -0.2) is 17.1 Å². The molecule has 3 rings (SSSR count). The van der Waals surface area contributed by atoms with Crippen LogP contribution in [0.4, 0.5) is 10.1 Å². The number of sulfonamides is 1. The number of hydrogen-bond acceptors (Lipinski definition) is 5. The Labute approximate surface area is 161 Å². The second-order valence-electron chi connectivity index (χ2n) is 5.85. The van der Waals surface area contributed by atoms with Crippen LogP contribution in [0.2, 0.25) is 0 Å². The number of nitrogens with one attached hydrogen (secondary N) is 2. The van der Waals surface area contributed by atoms with Crippen LogP contribution in [0.1, 0.15) is 20.8 Å². The van der Waals surface area contributed by atoms with E-state index >= 15 is 0 Å². The van der Waals surface area contributed by atoms with Gasteiger partial charge in [-0.1, -0.05) is 6.07 Å². The summed E-state index contributed by atoms with van der Waals surface area (Å²) in [4.78, 5) is 12.5. The Bertz CT molecular complexity index is 929. The molecule has 142 valence electrons. The Morgan fingerprint density at radius 2 is 2.04 bits per heavy atom. The molecule has 26 heavy (non-hydrogen) atoms. The van der Waals surface area contributed by atoms with Crippen molar-refractivity contribution in [2.75, 3.05) is 26.0 Å². The highest BCUT2D eigenvalue weighted by Crippen LogP contribution is 2.28. The third kappa shape index (κ3) is 3.77. The molecule has 1 amide bonds. The second-order valence-corrected chi connectivity index (χ2v) is 8.88. The van der Waals surface area contributed by atoms with Crippen LogP contribution in [-0.2, 0) is 23.0 Å². The third-order valence-electron chi connectivity index (χ3n) is 4.05. The largest absolute Gasteiger partial charge is 0.319 e. The number of benzene rings is 1. The average Bonchev–Trinajstić information content (AvgIpc) is 3.08. The van der Waals surface area contributed by atoms with Gasteiger partial charge in [0.05, 0.1) is 5.69 Å². The number of carbonyl (C=O) groups is 1. The van der Waals surface area contributed by atoms with E-state index in [0.717, 1.165) is 21.2 Å². The van der Waals surface area contributed by atoms with Crippen LogP contribution >= 0.6 is 23.7 Å². The number of halogens is 2. The van der Waals surface area contributed by atoms with Crippen molar-refractivity contribution in [1.29, 1.82) is 0 Å². The first-order valence-corrected chi connectivity index (χ1v) is 9.96. The normalized spacial score (nSPS) is 13.8. The fraction of sp³-hybridized carbons (Fsp3) is 0.312. The van der Waals surface area contributed by atoms with Crippen LogP contribution in [0.25, 0.3) is 0 Å². The molecule has 2 aromatic rings. The molecular formula is C16H19ClFN3O3S2. The highest BCUT2D eigenvalue weighted by Gasteiger charge is 2.27. The summed E-state index contributed by atoms with van der Waals surface area (Å²) in [5, 5.41) is 7.20. The molecule has 2 N–H and O–H groups in total. The van der Waals surface area contributed by atoms with Crippen LogP contribution < -0.4 is 10.6 Å². The lowest BCUT2D eigenvalue weighted by Crippen LogP contribution is -2.26. The van der Waals surface area contributed by atoms with Gasteiger partial charge in [0.15, 0.2) is 0 Å². The molecule has 0 bridgehead atoms. The van der Waals surface area contributed by atoms with Crippen LogP contribution in [0, 0.1) is 5.82 Å². The van der Waals surface area contributed by atoms with Gasteiger partial charge < -0.3 is 10.6 Å². The molecular weight excluding hydrogens is 401 g/mol. The average molecular weight is 420 g/mol. The standard InChI is InChI=1S/C16H18FN3O3S2.ClH/c1-20(2)25(22,23)13-6-8-24-15(13)16(21)19-12-4-3-10-9-18-7-5-11(10)14(12)17;/h3-4,6,8,18H,5,7,9H2,1-2H3,(H,19,21);1H. The lowest BCUT2D eigenvalue weighted by Gasteiger charge is -2.19. The summed E-state index contributed by atoms with van der Waals surface area (Å²) in [6.45, 7) is 1.27. The highest BCUT2D eigenvalue weighted by atomic mass is 35.5. The third-order valence-corrected chi connectivity index (χ3v) is 6.95. The van der Waals surface area contributed by atoms with Crippen LogP contribution in [0.3, 0.4) is 0 Å². The summed E-state index contributed by atoms with van der Waals surface area (Å²) in [6.07, 6.45) is 0.546. The molecule has 0 radical (unpaired) electrons. The van der Waals surface area contributed by atoms with E-state index in [0.29, 0.717) is 25.1 Å². The van der Waals surface area contributed by atoms with E-state index in [2.05, 4.69) is 10.6 Å². The van der Waals surface area contributed by atoms with Crippen molar-refractivity contribution in [2.45, 2.75) is 17.9 Å². The summed E-state index contributed by atoms with van der Waals surface area (Å²) >= 11 is 1.01. The van der Waals surface area contributed by atoms with Crippen LogP contribution in [-0.4, -0.2) is 39.3 Å². The number of amides is 1. The van der Waals surface area contributed by atoms with Gasteiger partial charge in [-0.3, -0.25) is 4.79 Å². The van der Waals surface area contributed by atoms with E-state index in [1.54, 1.807) is 6.07 Å². The molecule has 2 heterocycles. The maximum atomic E-state index is 14.7. The molecule has 0 saturated heterocycles. The first kappa shape index (κ1) is 20.8. The lowest BCUT2D eigenvalue weighted by atomic mass is 9.99. The molecule has 1 aromatic carbocycles. The summed E-state index contributed by atoms with van der Waals surface area (Å²) < 4.78 is 40.3. The van der Waals surface area contributed by atoms with E-state index in [1.165, 1.54) is 31.6 Å². The number of thiophene rings is 1. The Morgan fingerprint density at radius 3 is 2.73 bits per heavy atom. The van der Waals surface area contributed by atoms with Gasteiger partial charge >= 0.3 is 0 Å². The molecule has 1 aliphatic rings. The molecule has 0 atom stereocenters. The maximum Gasteiger partial charge on any atom is 0.267 e. The SMILES string of the molecule is CN(C)S(=O)(=O)c1ccsc1C(=O)Nc1ccc2c(c1F)CCNC2.Cl. The monoisotopic (exact) mass is 419 g/mol. The van der Waals surface area contributed by atoms with Gasteiger partial charge in [-0.15, -0.1) is 23.7 Å². The van der Waals surface area contributed by atoms with E-state index in [-0.39, 0.29) is 27.9 Å². The number of anilines is 1. The number of carbonyl (C=O) groups excluding carboxylic acids is 1. The summed E-state index contributed by atoms with van der Waals surface area (Å²) in [5.41, 5.74) is 1.52. The Morgan fingerprint density at radius 1 is 1.31 bits per heavy atom. The minimum absolute atomic E-state index is 0. The first-order chi connectivity index (χ1) is 11.8. The summed E-state index contributed by atoms with van der Waals surface area (Å²) in [5.74, 6) is -1.09. The smallest absolute Gasteiger partial charge is 0.267 e. The van der Waals surface area contributed by atoms with Gasteiger partial charge in [0, 0.05) is 20.6 Å². The Balaban J connectivity index is 0.00000243. The topological polar surface area (TPSA) is 78.5 Å². The second kappa shape index (κ2) is 8.01. The zero-order valence-corrected chi connectivity index (χ0v) is 16.7. The van der Waals surface area contributed by atoms with Gasteiger partial charge in [0.2, 0.25) is 10.0 Å². The molecule has 10 heteroatoms. The molecule has 1 aromatic heterocycles. The zero-order chi connectivity index (χ0) is 18.2. The van der Waals surface area contributed by atoms with Gasteiger partial charge in [0.1, 0.15) is 15.6 Å². The predicted molar refractivity (Wildman–Crippen MR) is 102 cm³/mol. The quantitative estimate of drug-likeness (QED) is 0.797. The Kier molecular flexibility index (Phi) is 6.41. The maximum absolute atomic E-state index is 14.7. The highest BCUT2D eigenvalue weighted by molar-refractivity contribution is 7.89. The van der Waals surface area contributed by atoms with Crippen molar-refractivity contribution in [3.63, 3.8) is 0 Å². The molecule has 0 unspecified atom stereocenters. The number of rotatable bonds is 4. The number of fused-ring (bicyclic) bond motifs is 1.